The standard InChI is InChI=1S/C24H36FN3O5S/c1-18(29)27-23(30)6-5-14-26-13-3-2-4-15-34(31,32)28-24(11-12-24)20-9-10-21(25)22(16-20)33-17-19-7-8-19/h9-10,16,19,26,28H,2-8,11-15,17H2,1H3,(H,27,29,30). The monoisotopic (exact) mass is 497 g/mol. The fourth-order valence-electron chi connectivity index (χ4n) is 3.80. The molecule has 3 rings (SSSR count). The van der Waals surface area contributed by atoms with Crippen LogP contribution in [0.15, 0.2) is 18.2 Å². The van der Waals surface area contributed by atoms with Gasteiger partial charge >= 0.3 is 0 Å². The van der Waals surface area contributed by atoms with Gasteiger partial charge in [0.25, 0.3) is 0 Å². The Morgan fingerprint density at radius 1 is 1.12 bits per heavy atom. The van der Waals surface area contributed by atoms with Crippen molar-refractivity contribution in [1.29, 1.82) is 0 Å². The smallest absolute Gasteiger partial charge is 0.226 e. The van der Waals surface area contributed by atoms with Crippen molar-refractivity contribution in [3.63, 3.8) is 0 Å². The lowest BCUT2D eigenvalue weighted by atomic mass is 10.1. The van der Waals surface area contributed by atoms with Crippen molar-refractivity contribution in [3.8, 4) is 5.75 Å². The zero-order chi connectivity index (χ0) is 24.6. The van der Waals surface area contributed by atoms with E-state index in [0.717, 1.165) is 37.8 Å². The molecule has 10 heteroatoms. The van der Waals surface area contributed by atoms with Gasteiger partial charge < -0.3 is 10.1 Å². The summed E-state index contributed by atoms with van der Waals surface area (Å²) in [6, 6.07) is 4.64. The highest BCUT2D eigenvalue weighted by Gasteiger charge is 2.47. The van der Waals surface area contributed by atoms with Crippen LogP contribution in [0, 0.1) is 11.7 Å². The first-order valence-electron chi connectivity index (χ1n) is 12.1. The number of carbonyl (C=O) groups is 2. The molecule has 0 aliphatic heterocycles. The molecule has 0 saturated heterocycles. The summed E-state index contributed by atoms with van der Waals surface area (Å²) in [6.07, 6.45) is 6.68. The van der Waals surface area contributed by atoms with Crippen LogP contribution < -0.4 is 20.1 Å². The summed E-state index contributed by atoms with van der Waals surface area (Å²) < 4.78 is 47.9. The first-order chi connectivity index (χ1) is 16.2. The van der Waals surface area contributed by atoms with Gasteiger partial charge in [0.05, 0.1) is 17.9 Å². The third-order valence-electron chi connectivity index (χ3n) is 6.10. The fourth-order valence-corrected chi connectivity index (χ4v) is 5.41. The quantitative estimate of drug-likeness (QED) is 0.303. The van der Waals surface area contributed by atoms with Crippen LogP contribution >= 0.6 is 0 Å². The van der Waals surface area contributed by atoms with Gasteiger partial charge in [0.2, 0.25) is 21.8 Å². The first-order valence-corrected chi connectivity index (χ1v) is 13.8. The van der Waals surface area contributed by atoms with Crippen molar-refractivity contribution in [1.82, 2.24) is 15.4 Å². The number of ether oxygens (including phenoxy) is 1. The van der Waals surface area contributed by atoms with Crippen LogP contribution in [0.1, 0.15) is 70.3 Å². The Labute approximate surface area is 201 Å². The van der Waals surface area contributed by atoms with E-state index in [4.69, 9.17) is 4.74 Å². The maximum atomic E-state index is 14.1. The van der Waals surface area contributed by atoms with E-state index >= 15 is 0 Å². The molecule has 0 unspecified atom stereocenters. The second-order valence-electron chi connectivity index (χ2n) is 9.42. The number of rotatable bonds is 16. The van der Waals surface area contributed by atoms with Crippen LogP contribution in [0.25, 0.3) is 0 Å². The zero-order valence-electron chi connectivity index (χ0n) is 19.8. The number of benzene rings is 1. The highest BCUT2D eigenvalue weighted by atomic mass is 32.2. The molecule has 0 heterocycles. The largest absolute Gasteiger partial charge is 0.490 e. The molecular weight excluding hydrogens is 461 g/mol. The molecule has 2 saturated carbocycles. The van der Waals surface area contributed by atoms with Gasteiger partial charge in [-0.05, 0) is 81.6 Å². The third kappa shape index (κ3) is 8.96. The van der Waals surface area contributed by atoms with Crippen LogP contribution in [-0.4, -0.2) is 45.7 Å². The maximum absolute atomic E-state index is 14.1. The molecule has 0 atom stereocenters. The lowest BCUT2D eigenvalue weighted by Crippen LogP contribution is -2.36. The highest BCUT2D eigenvalue weighted by Crippen LogP contribution is 2.47. The Morgan fingerprint density at radius 3 is 2.53 bits per heavy atom. The maximum Gasteiger partial charge on any atom is 0.226 e. The Hall–Kier alpha value is -2.04. The molecule has 2 fully saturated rings. The predicted octanol–water partition coefficient (Wildman–Crippen LogP) is 2.73. The van der Waals surface area contributed by atoms with Crippen LogP contribution in [0.5, 0.6) is 5.75 Å². The molecular formula is C24H36FN3O5S. The van der Waals surface area contributed by atoms with Gasteiger partial charge in [-0.3, -0.25) is 14.9 Å². The molecule has 0 spiro atoms. The van der Waals surface area contributed by atoms with Gasteiger partial charge in [-0.15, -0.1) is 0 Å². The van der Waals surface area contributed by atoms with Gasteiger partial charge in [-0.25, -0.2) is 17.5 Å². The molecule has 190 valence electrons. The van der Waals surface area contributed by atoms with E-state index in [0.29, 0.717) is 51.2 Å². The normalized spacial score (nSPS) is 16.8. The number of unbranched alkanes of at least 4 members (excludes halogenated alkanes) is 2. The van der Waals surface area contributed by atoms with Crippen molar-refractivity contribution in [2.75, 3.05) is 25.4 Å². The van der Waals surface area contributed by atoms with E-state index in [2.05, 4.69) is 15.4 Å². The Kier molecular flexibility index (Phi) is 9.44. The summed E-state index contributed by atoms with van der Waals surface area (Å²) in [5.41, 5.74) is 0.102. The summed E-state index contributed by atoms with van der Waals surface area (Å²) in [4.78, 5) is 22.1. The molecule has 8 nitrogen and oxygen atoms in total. The van der Waals surface area contributed by atoms with Gasteiger partial charge in [-0.1, -0.05) is 12.5 Å². The SMILES string of the molecule is CC(=O)NC(=O)CCCNCCCCCS(=O)(=O)NC1(c2ccc(F)c(OCC3CC3)c2)CC1. The second kappa shape index (κ2) is 12.1. The van der Waals surface area contributed by atoms with E-state index in [1.54, 1.807) is 12.1 Å². The minimum atomic E-state index is -3.46. The van der Waals surface area contributed by atoms with E-state index in [-0.39, 0.29) is 23.3 Å². The Morgan fingerprint density at radius 2 is 1.85 bits per heavy atom. The Balaban J connectivity index is 1.33. The summed E-state index contributed by atoms with van der Waals surface area (Å²) in [7, 11) is -3.46. The van der Waals surface area contributed by atoms with Crippen LogP contribution in [-0.2, 0) is 25.2 Å². The fraction of sp³-hybridized carbons (Fsp3) is 0.667. The minimum Gasteiger partial charge on any atom is -0.490 e. The number of amides is 2. The first kappa shape index (κ1) is 26.6. The van der Waals surface area contributed by atoms with Crippen LogP contribution in [0.2, 0.25) is 0 Å². The predicted molar refractivity (Wildman–Crippen MR) is 127 cm³/mol. The number of hydrogen-bond donors (Lipinski definition) is 3. The van der Waals surface area contributed by atoms with E-state index < -0.39 is 21.4 Å². The van der Waals surface area contributed by atoms with Crippen molar-refractivity contribution >= 4 is 21.8 Å². The lowest BCUT2D eigenvalue weighted by molar-refractivity contribution is -0.129. The van der Waals surface area contributed by atoms with E-state index in [1.807, 2.05) is 0 Å². The topological polar surface area (TPSA) is 114 Å². The van der Waals surface area contributed by atoms with Crippen molar-refractivity contribution in [2.24, 2.45) is 5.92 Å². The molecule has 34 heavy (non-hydrogen) atoms. The molecule has 2 amide bonds. The van der Waals surface area contributed by atoms with Gasteiger partial charge in [0.1, 0.15) is 0 Å². The van der Waals surface area contributed by atoms with Gasteiger partial charge in [0.15, 0.2) is 11.6 Å². The minimum absolute atomic E-state index is 0.0478. The molecule has 0 radical (unpaired) electrons. The van der Waals surface area contributed by atoms with Gasteiger partial charge in [-0.2, -0.15) is 0 Å². The molecule has 2 aliphatic carbocycles. The third-order valence-corrected chi connectivity index (χ3v) is 7.62. The lowest BCUT2D eigenvalue weighted by Gasteiger charge is -2.19. The van der Waals surface area contributed by atoms with Crippen molar-refractivity contribution < 1.29 is 27.1 Å². The van der Waals surface area contributed by atoms with E-state index in [9.17, 15) is 22.4 Å². The second-order valence-corrected chi connectivity index (χ2v) is 11.3. The number of imide groups is 1. The summed E-state index contributed by atoms with van der Waals surface area (Å²) in [5.74, 6) is -0.297. The van der Waals surface area contributed by atoms with Gasteiger partial charge in [0, 0.05) is 13.3 Å². The zero-order valence-corrected chi connectivity index (χ0v) is 20.6. The summed E-state index contributed by atoms with van der Waals surface area (Å²) >= 11 is 0. The number of halogens is 1. The van der Waals surface area contributed by atoms with Crippen LogP contribution in [0.3, 0.4) is 0 Å². The molecule has 3 N–H and O–H groups in total. The average Bonchev–Trinajstić information content (AvgIpc) is 3.68. The number of carbonyl (C=O) groups excluding carboxylic acids is 2. The van der Waals surface area contributed by atoms with Crippen LogP contribution in [0.4, 0.5) is 4.39 Å². The average molecular weight is 498 g/mol. The summed E-state index contributed by atoms with van der Waals surface area (Å²) in [6.45, 7) is 3.21. The molecule has 0 bridgehead atoms. The van der Waals surface area contributed by atoms with Crippen molar-refractivity contribution in [3.05, 3.63) is 29.6 Å². The number of sulfonamides is 1. The number of hydrogen-bond acceptors (Lipinski definition) is 6. The molecule has 1 aromatic rings. The van der Waals surface area contributed by atoms with E-state index in [1.165, 1.54) is 13.0 Å². The highest BCUT2D eigenvalue weighted by molar-refractivity contribution is 7.89. The number of nitrogens with one attached hydrogen (secondary N) is 3. The Bertz CT molecular complexity index is 961. The molecule has 2 aliphatic rings. The molecule has 0 aromatic heterocycles. The van der Waals surface area contributed by atoms with Crippen molar-refractivity contribution in [2.45, 2.75) is 70.3 Å². The summed E-state index contributed by atoms with van der Waals surface area (Å²) in [5, 5.41) is 5.45. The molecule has 1 aromatic carbocycles.